The molecule has 0 atom stereocenters. The molecule has 144 valence electrons. The maximum atomic E-state index is 13.0. The van der Waals surface area contributed by atoms with Crippen molar-refractivity contribution in [1.82, 2.24) is 5.32 Å². The minimum absolute atomic E-state index is 0.195. The third kappa shape index (κ3) is 3.65. The minimum Gasteiger partial charge on any atom is -0.459 e. The second-order valence-electron chi connectivity index (χ2n) is 7.31. The van der Waals surface area contributed by atoms with Crippen LogP contribution in [0.15, 0.2) is 65.3 Å². The highest BCUT2D eigenvalue weighted by molar-refractivity contribution is 6.06. The quantitative estimate of drug-likeness (QED) is 0.659. The summed E-state index contributed by atoms with van der Waals surface area (Å²) in [6, 6.07) is 17.0. The van der Waals surface area contributed by atoms with Crippen LogP contribution in [0.3, 0.4) is 0 Å². The number of rotatable bonds is 5. The number of hydrogen-bond acceptors (Lipinski definition) is 4. The Morgan fingerprint density at radius 1 is 0.964 bits per heavy atom. The number of furan rings is 1. The van der Waals surface area contributed by atoms with Gasteiger partial charge in [0.25, 0.3) is 5.91 Å². The molecule has 1 aliphatic rings. The summed E-state index contributed by atoms with van der Waals surface area (Å²) in [6.45, 7) is 0.195. The molecule has 1 aromatic heterocycles. The summed E-state index contributed by atoms with van der Waals surface area (Å²) >= 11 is 0. The van der Waals surface area contributed by atoms with E-state index in [0.717, 1.165) is 35.6 Å². The van der Waals surface area contributed by atoms with Crippen molar-refractivity contribution in [3.63, 3.8) is 0 Å². The summed E-state index contributed by atoms with van der Waals surface area (Å²) < 4.78 is 11.1. The summed E-state index contributed by atoms with van der Waals surface area (Å²) in [5.41, 5.74) is -0.0805. The molecule has 1 N–H and O–H groups in total. The van der Waals surface area contributed by atoms with Gasteiger partial charge < -0.3 is 14.5 Å². The number of carbonyl (C=O) groups excluding carboxylic acids is 2. The van der Waals surface area contributed by atoms with E-state index in [1.165, 1.54) is 0 Å². The predicted molar refractivity (Wildman–Crippen MR) is 106 cm³/mol. The molecule has 1 aliphatic carbocycles. The highest BCUT2D eigenvalue weighted by Gasteiger charge is 2.43. The number of benzene rings is 2. The zero-order chi connectivity index (χ0) is 19.4. The molecular formula is C23H23NO4. The first-order valence-corrected chi connectivity index (χ1v) is 9.68. The van der Waals surface area contributed by atoms with Crippen molar-refractivity contribution in [3.05, 3.63) is 72.2 Å². The zero-order valence-electron chi connectivity index (χ0n) is 15.6. The van der Waals surface area contributed by atoms with E-state index in [-0.39, 0.29) is 24.2 Å². The van der Waals surface area contributed by atoms with Gasteiger partial charge in [0.05, 0.1) is 6.26 Å². The van der Waals surface area contributed by atoms with Gasteiger partial charge in [0.15, 0.2) is 5.76 Å². The van der Waals surface area contributed by atoms with E-state index in [1.807, 2.05) is 54.6 Å². The summed E-state index contributed by atoms with van der Waals surface area (Å²) in [6.07, 6.45) is 5.51. The lowest BCUT2D eigenvalue weighted by atomic mass is 9.81. The minimum atomic E-state index is -1.00. The number of ether oxygens (including phenoxy) is 1. The Labute approximate surface area is 163 Å². The maximum absolute atomic E-state index is 13.0. The molecule has 3 aromatic rings. The third-order valence-corrected chi connectivity index (χ3v) is 5.38. The lowest BCUT2D eigenvalue weighted by Gasteiger charge is -2.35. The second kappa shape index (κ2) is 7.89. The Hall–Kier alpha value is -3.08. The number of nitrogens with one attached hydrogen (secondary N) is 1. The fraction of sp³-hybridized carbons (Fsp3) is 0.304. The van der Waals surface area contributed by atoms with Crippen LogP contribution < -0.4 is 5.32 Å². The molecular weight excluding hydrogens is 354 g/mol. The van der Waals surface area contributed by atoms with E-state index in [9.17, 15) is 9.59 Å². The van der Waals surface area contributed by atoms with Gasteiger partial charge in [-0.3, -0.25) is 4.79 Å². The van der Waals surface area contributed by atoms with Crippen LogP contribution in [-0.4, -0.2) is 17.4 Å². The lowest BCUT2D eigenvalue weighted by molar-refractivity contribution is -0.154. The van der Waals surface area contributed by atoms with E-state index in [1.54, 1.807) is 6.26 Å². The average molecular weight is 377 g/mol. The number of hydrogen-bond donors (Lipinski definition) is 1. The summed E-state index contributed by atoms with van der Waals surface area (Å²) in [7, 11) is 0. The zero-order valence-corrected chi connectivity index (χ0v) is 15.6. The number of carbonyl (C=O) groups is 2. The standard InChI is InChI=1S/C23H23NO4/c25-21(20-19-12-6-5-11-18(19)16-27-20)24-23(13-7-2-8-14-23)22(26)28-15-17-9-3-1-4-10-17/h1,3-6,9-12,16H,2,7-8,13-15H2,(H,24,25). The molecule has 4 rings (SSSR count). The monoisotopic (exact) mass is 377 g/mol. The lowest BCUT2D eigenvalue weighted by Crippen LogP contribution is -2.56. The summed E-state index contributed by atoms with van der Waals surface area (Å²) in [4.78, 5) is 26.0. The molecule has 2 aromatic carbocycles. The fourth-order valence-corrected chi connectivity index (χ4v) is 3.84. The molecule has 0 spiro atoms. The van der Waals surface area contributed by atoms with E-state index >= 15 is 0 Å². The largest absolute Gasteiger partial charge is 0.459 e. The Balaban J connectivity index is 1.53. The first-order valence-electron chi connectivity index (χ1n) is 9.68. The van der Waals surface area contributed by atoms with Gasteiger partial charge in [0.1, 0.15) is 12.1 Å². The molecule has 1 heterocycles. The third-order valence-electron chi connectivity index (χ3n) is 5.38. The van der Waals surface area contributed by atoms with Gasteiger partial charge in [0, 0.05) is 10.8 Å². The van der Waals surface area contributed by atoms with Crippen molar-refractivity contribution in [1.29, 1.82) is 0 Å². The van der Waals surface area contributed by atoms with Crippen molar-refractivity contribution in [2.24, 2.45) is 0 Å². The van der Waals surface area contributed by atoms with Gasteiger partial charge in [-0.25, -0.2) is 4.79 Å². The SMILES string of the molecule is O=C(NC1(C(=O)OCc2ccccc2)CCCCC1)c1occ2ccccc12. The van der Waals surface area contributed by atoms with Gasteiger partial charge in [-0.2, -0.15) is 0 Å². The number of fused-ring (bicyclic) bond motifs is 1. The summed E-state index contributed by atoms with van der Waals surface area (Å²) in [5.74, 6) is -0.517. The number of esters is 1. The molecule has 5 heteroatoms. The van der Waals surface area contributed by atoms with Crippen LogP contribution in [0.2, 0.25) is 0 Å². The van der Waals surface area contributed by atoms with E-state index in [4.69, 9.17) is 9.15 Å². The molecule has 0 bridgehead atoms. The highest BCUT2D eigenvalue weighted by atomic mass is 16.5. The topological polar surface area (TPSA) is 68.5 Å². The molecule has 5 nitrogen and oxygen atoms in total. The average Bonchev–Trinajstić information content (AvgIpc) is 3.18. The molecule has 0 aliphatic heterocycles. The smallest absolute Gasteiger partial charge is 0.332 e. The Kier molecular flexibility index (Phi) is 5.15. The molecule has 1 saturated carbocycles. The van der Waals surface area contributed by atoms with Crippen LogP contribution in [0.1, 0.15) is 48.2 Å². The molecule has 0 radical (unpaired) electrons. The van der Waals surface area contributed by atoms with Crippen LogP contribution in [0, 0.1) is 0 Å². The van der Waals surface area contributed by atoms with Crippen LogP contribution in [0.25, 0.3) is 10.8 Å². The van der Waals surface area contributed by atoms with Crippen molar-refractivity contribution >= 4 is 22.6 Å². The summed E-state index contributed by atoms with van der Waals surface area (Å²) in [5, 5.41) is 4.55. The first kappa shape index (κ1) is 18.3. The Bertz CT molecular complexity index is 970. The van der Waals surface area contributed by atoms with Crippen molar-refractivity contribution in [2.45, 2.75) is 44.2 Å². The second-order valence-corrected chi connectivity index (χ2v) is 7.31. The predicted octanol–water partition coefficient (Wildman–Crippen LogP) is 4.61. The maximum Gasteiger partial charge on any atom is 0.332 e. The molecule has 1 fully saturated rings. The van der Waals surface area contributed by atoms with Crippen LogP contribution in [0.4, 0.5) is 0 Å². The van der Waals surface area contributed by atoms with E-state index in [2.05, 4.69) is 5.32 Å². The van der Waals surface area contributed by atoms with Gasteiger partial charge >= 0.3 is 5.97 Å². The molecule has 0 saturated heterocycles. The first-order chi connectivity index (χ1) is 13.7. The van der Waals surface area contributed by atoms with Gasteiger partial charge in [-0.1, -0.05) is 73.9 Å². The van der Waals surface area contributed by atoms with Gasteiger partial charge in [0.2, 0.25) is 0 Å². The number of amides is 1. The van der Waals surface area contributed by atoms with Crippen LogP contribution in [-0.2, 0) is 16.1 Å². The van der Waals surface area contributed by atoms with Crippen molar-refractivity contribution in [3.8, 4) is 0 Å². The van der Waals surface area contributed by atoms with Gasteiger partial charge in [-0.05, 0) is 18.4 Å². The van der Waals surface area contributed by atoms with Crippen LogP contribution >= 0.6 is 0 Å². The van der Waals surface area contributed by atoms with E-state index < -0.39 is 5.54 Å². The normalized spacial score (nSPS) is 15.9. The Morgan fingerprint density at radius 2 is 1.68 bits per heavy atom. The van der Waals surface area contributed by atoms with E-state index in [0.29, 0.717) is 12.8 Å². The van der Waals surface area contributed by atoms with Crippen LogP contribution in [0.5, 0.6) is 0 Å². The molecule has 0 unspecified atom stereocenters. The van der Waals surface area contributed by atoms with Gasteiger partial charge in [-0.15, -0.1) is 0 Å². The highest BCUT2D eigenvalue weighted by Crippen LogP contribution is 2.31. The molecule has 1 amide bonds. The fourth-order valence-electron chi connectivity index (χ4n) is 3.84. The Morgan fingerprint density at radius 3 is 2.46 bits per heavy atom. The molecule has 28 heavy (non-hydrogen) atoms. The van der Waals surface area contributed by atoms with Crippen molar-refractivity contribution in [2.75, 3.05) is 0 Å². The van der Waals surface area contributed by atoms with Crippen molar-refractivity contribution < 1.29 is 18.7 Å².